The fourth-order valence-corrected chi connectivity index (χ4v) is 0.980. The molecular weight excluding hydrogens is 252 g/mol. The number of nitrogen functional groups attached to an aromatic ring is 1. The van der Waals surface area contributed by atoms with Crippen LogP contribution >= 0.6 is 0 Å². The zero-order chi connectivity index (χ0) is 14.0. The van der Waals surface area contributed by atoms with Crippen LogP contribution in [0.15, 0.2) is 24.4 Å². The van der Waals surface area contributed by atoms with Crippen LogP contribution in [-0.4, -0.2) is 19.2 Å². The van der Waals surface area contributed by atoms with Gasteiger partial charge in [0.1, 0.15) is 0 Å². The third kappa shape index (κ3) is 10.9. The van der Waals surface area contributed by atoms with E-state index in [1.165, 1.54) is 6.42 Å². The molecule has 1 aromatic heterocycles. The third-order valence-corrected chi connectivity index (χ3v) is 1.76. The number of rotatable bonds is 2. The van der Waals surface area contributed by atoms with Gasteiger partial charge in [0.05, 0.1) is 10.1 Å². The van der Waals surface area contributed by atoms with Crippen LogP contribution in [-0.2, 0) is 10.1 Å². The molecule has 0 amide bonds. The van der Waals surface area contributed by atoms with Crippen molar-refractivity contribution >= 4 is 10.1 Å². The standard InChI is InChI=1S/C11H15N2.CH4O3S/c1-2-3-4-5-8-11-9-6-7-10-13(11)12;1-5(2,3)4/h6-7,9-10H,2-4,12H2,1H3;1H3,(H,2,3,4)/q+1;/p-1. The number of unbranched alkanes of at least 4 members (excludes halogenated alkanes) is 2. The van der Waals surface area contributed by atoms with Gasteiger partial charge in [0.25, 0.3) is 5.69 Å². The largest absolute Gasteiger partial charge is 0.748 e. The first-order valence-corrected chi connectivity index (χ1v) is 7.31. The van der Waals surface area contributed by atoms with Gasteiger partial charge in [0.15, 0.2) is 0 Å². The molecule has 0 aliphatic heterocycles. The van der Waals surface area contributed by atoms with E-state index in [0.29, 0.717) is 6.26 Å². The van der Waals surface area contributed by atoms with Crippen molar-refractivity contribution in [2.45, 2.75) is 26.2 Å². The summed E-state index contributed by atoms with van der Waals surface area (Å²) in [6, 6.07) is 5.74. The highest BCUT2D eigenvalue weighted by molar-refractivity contribution is 7.84. The van der Waals surface area contributed by atoms with E-state index in [4.69, 9.17) is 18.8 Å². The molecule has 0 aliphatic rings. The fraction of sp³-hybridized carbons (Fsp3) is 0.417. The van der Waals surface area contributed by atoms with Gasteiger partial charge < -0.3 is 4.55 Å². The smallest absolute Gasteiger partial charge is 0.285 e. The van der Waals surface area contributed by atoms with Crippen LogP contribution in [0.1, 0.15) is 31.9 Å². The molecule has 0 radical (unpaired) electrons. The van der Waals surface area contributed by atoms with Gasteiger partial charge in [0, 0.05) is 30.7 Å². The first kappa shape index (κ1) is 16.4. The zero-order valence-electron chi connectivity index (χ0n) is 10.6. The van der Waals surface area contributed by atoms with Gasteiger partial charge in [-0.1, -0.05) is 23.9 Å². The normalized spacial score (nSPS) is 9.72. The molecule has 1 heterocycles. The minimum Gasteiger partial charge on any atom is -0.748 e. The number of hydrogen-bond acceptors (Lipinski definition) is 4. The average molecular weight is 270 g/mol. The van der Waals surface area contributed by atoms with Gasteiger partial charge in [-0.2, -0.15) is 0 Å². The van der Waals surface area contributed by atoms with Crippen molar-refractivity contribution < 1.29 is 17.6 Å². The molecule has 0 atom stereocenters. The Morgan fingerprint density at radius 3 is 2.56 bits per heavy atom. The van der Waals surface area contributed by atoms with Crippen molar-refractivity contribution in [1.82, 2.24) is 0 Å². The van der Waals surface area contributed by atoms with Crippen LogP contribution in [0.3, 0.4) is 0 Å². The second-order valence-electron chi connectivity index (χ2n) is 3.60. The van der Waals surface area contributed by atoms with Crippen molar-refractivity contribution in [3.63, 3.8) is 0 Å². The summed E-state index contributed by atoms with van der Waals surface area (Å²) in [5.41, 5.74) is 0.860. The third-order valence-electron chi connectivity index (χ3n) is 1.76. The lowest BCUT2D eigenvalue weighted by Crippen LogP contribution is -2.46. The number of nitrogens with zero attached hydrogens (tertiary/aromatic N) is 1. The van der Waals surface area contributed by atoms with E-state index in [-0.39, 0.29) is 0 Å². The molecule has 0 unspecified atom stereocenters. The SMILES string of the molecule is CCCCC#Cc1cccc[n+]1N.CS(=O)(=O)[O-]. The molecule has 5 nitrogen and oxygen atoms in total. The molecule has 2 N–H and O–H groups in total. The molecule has 0 fully saturated rings. The summed E-state index contributed by atoms with van der Waals surface area (Å²) in [4.78, 5) is 0. The van der Waals surface area contributed by atoms with Crippen LogP contribution in [0.25, 0.3) is 0 Å². The van der Waals surface area contributed by atoms with Crippen molar-refractivity contribution in [2.24, 2.45) is 0 Å². The van der Waals surface area contributed by atoms with Crippen LogP contribution in [0.2, 0.25) is 0 Å². The van der Waals surface area contributed by atoms with Crippen LogP contribution in [0, 0.1) is 11.8 Å². The topological polar surface area (TPSA) is 87.1 Å². The summed E-state index contributed by atoms with van der Waals surface area (Å²) >= 11 is 0. The molecule has 1 rings (SSSR count). The molecule has 100 valence electrons. The Morgan fingerprint density at radius 2 is 2.06 bits per heavy atom. The number of nitrogens with two attached hydrogens (primary N) is 1. The van der Waals surface area contributed by atoms with E-state index in [2.05, 4.69) is 18.8 Å². The van der Waals surface area contributed by atoms with E-state index in [0.717, 1.165) is 18.5 Å². The van der Waals surface area contributed by atoms with Crippen molar-refractivity contribution in [2.75, 3.05) is 12.1 Å². The van der Waals surface area contributed by atoms with Crippen LogP contribution in [0.5, 0.6) is 0 Å². The van der Waals surface area contributed by atoms with Crippen molar-refractivity contribution in [1.29, 1.82) is 0 Å². The lowest BCUT2D eigenvalue weighted by Gasteiger charge is -1.90. The average Bonchev–Trinajstić information content (AvgIpc) is 2.24. The Hall–Kier alpha value is -1.58. The van der Waals surface area contributed by atoms with Gasteiger partial charge in [-0.25, -0.2) is 14.3 Å². The van der Waals surface area contributed by atoms with Gasteiger partial charge >= 0.3 is 0 Å². The summed E-state index contributed by atoms with van der Waals surface area (Å²) in [5, 5.41) is 0. The number of pyridine rings is 1. The van der Waals surface area contributed by atoms with E-state index >= 15 is 0 Å². The van der Waals surface area contributed by atoms with E-state index in [1.54, 1.807) is 10.9 Å². The predicted octanol–water partition coefficient (Wildman–Crippen LogP) is 0.391. The monoisotopic (exact) mass is 270 g/mol. The van der Waals surface area contributed by atoms with E-state index < -0.39 is 10.1 Å². The number of hydrogen-bond donors (Lipinski definition) is 1. The van der Waals surface area contributed by atoms with E-state index in [9.17, 15) is 0 Å². The van der Waals surface area contributed by atoms with Crippen LogP contribution in [0.4, 0.5) is 0 Å². The highest BCUT2D eigenvalue weighted by atomic mass is 32.2. The summed E-state index contributed by atoms with van der Waals surface area (Å²) in [6.07, 6.45) is 5.69. The second kappa shape index (κ2) is 8.50. The Morgan fingerprint density at radius 1 is 1.44 bits per heavy atom. The Balaban J connectivity index is 0.000000494. The number of aromatic nitrogens is 1. The zero-order valence-corrected chi connectivity index (χ0v) is 11.4. The molecule has 0 saturated heterocycles. The molecule has 0 saturated carbocycles. The molecule has 0 bridgehead atoms. The molecule has 18 heavy (non-hydrogen) atoms. The molecular formula is C12H18N2O3S. The summed E-state index contributed by atoms with van der Waals surface area (Å²) in [5.74, 6) is 11.8. The second-order valence-corrected chi connectivity index (χ2v) is 5.01. The highest BCUT2D eigenvalue weighted by Crippen LogP contribution is 1.92. The summed E-state index contributed by atoms with van der Waals surface area (Å²) in [6.45, 7) is 2.16. The first-order chi connectivity index (χ1) is 8.34. The molecule has 1 aromatic rings. The highest BCUT2D eigenvalue weighted by Gasteiger charge is 1.99. The van der Waals surface area contributed by atoms with Gasteiger partial charge in [-0.05, 0) is 12.5 Å². The van der Waals surface area contributed by atoms with Gasteiger partial charge in [0.2, 0.25) is 6.20 Å². The quantitative estimate of drug-likeness (QED) is 0.277. The van der Waals surface area contributed by atoms with Crippen molar-refractivity contribution in [3.8, 4) is 11.8 Å². The lowest BCUT2D eigenvalue weighted by atomic mass is 10.2. The lowest BCUT2D eigenvalue weighted by molar-refractivity contribution is -0.641. The summed E-state index contributed by atoms with van der Waals surface area (Å²) < 4.78 is 28.8. The maximum atomic E-state index is 9.08. The fourth-order valence-electron chi connectivity index (χ4n) is 0.980. The summed E-state index contributed by atoms with van der Waals surface area (Å²) in [7, 11) is -3.92. The van der Waals surface area contributed by atoms with Gasteiger partial charge in [-0.15, -0.1) is 0 Å². The molecule has 0 spiro atoms. The minimum absolute atomic E-state index is 0.604. The minimum atomic E-state index is -3.92. The van der Waals surface area contributed by atoms with E-state index in [1.807, 2.05) is 18.2 Å². The maximum absolute atomic E-state index is 9.08. The Labute approximate surface area is 108 Å². The predicted molar refractivity (Wildman–Crippen MR) is 68.8 cm³/mol. The Kier molecular flexibility index (Phi) is 7.76. The Bertz CT molecular complexity index is 508. The van der Waals surface area contributed by atoms with Crippen molar-refractivity contribution in [3.05, 3.63) is 30.1 Å². The molecule has 0 aliphatic carbocycles. The van der Waals surface area contributed by atoms with Crippen LogP contribution < -0.4 is 10.5 Å². The first-order valence-electron chi connectivity index (χ1n) is 5.50. The van der Waals surface area contributed by atoms with Gasteiger partial charge in [-0.3, -0.25) is 0 Å². The molecule has 0 aromatic carbocycles. The molecule has 6 heteroatoms. The maximum Gasteiger partial charge on any atom is 0.285 e.